The van der Waals surface area contributed by atoms with Crippen LogP contribution in [-0.2, 0) is 0 Å². The second-order valence-corrected chi connectivity index (χ2v) is 13.5. The van der Waals surface area contributed by atoms with Crippen molar-refractivity contribution in [1.29, 1.82) is 0 Å². The van der Waals surface area contributed by atoms with Gasteiger partial charge in [0.25, 0.3) is 0 Å². The fraction of sp³-hybridized carbons (Fsp3) is 0. The molecule has 0 atom stereocenters. The summed E-state index contributed by atoms with van der Waals surface area (Å²) in [5.74, 6) is 0. The van der Waals surface area contributed by atoms with Crippen molar-refractivity contribution in [3.8, 4) is 16.8 Å². The Labute approximate surface area is 326 Å². The van der Waals surface area contributed by atoms with Crippen LogP contribution in [0.5, 0.6) is 0 Å². The third-order valence-corrected chi connectivity index (χ3v) is 10.2. The average Bonchev–Trinajstić information content (AvgIpc) is 3.62. The molecule has 0 saturated heterocycles. The molecule has 1 aromatic heterocycles. The van der Waals surface area contributed by atoms with E-state index in [1.165, 1.54) is 0 Å². The highest BCUT2D eigenvalue weighted by Gasteiger charge is 2.19. The Hall–Kier alpha value is -7.36. The maximum atomic E-state index is 9.68. The van der Waals surface area contributed by atoms with Crippen molar-refractivity contribution in [1.82, 2.24) is 4.57 Å². The van der Waals surface area contributed by atoms with E-state index in [0.29, 0.717) is 11.3 Å². The lowest BCUT2D eigenvalue weighted by atomic mass is 9.96. The number of rotatable bonds is 8. The molecule has 0 saturated carbocycles. The third kappa shape index (κ3) is 5.80. The Morgan fingerprint density at radius 3 is 1.55 bits per heavy atom. The van der Waals surface area contributed by atoms with Gasteiger partial charge in [-0.2, -0.15) is 0 Å². The summed E-state index contributed by atoms with van der Waals surface area (Å²) in [6.45, 7) is 0. The van der Waals surface area contributed by atoms with E-state index in [9.17, 15) is 5.48 Å². The number of hydrogen-bond donors (Lipinski definition) is 0. The molecule has 10 rings (SSSR count). The minimum atomic E-state index is -0.128. The number of anilines is 6. The highest BCUT2D eigenvalue weighted by molar-refractivity contribution is 6.10. The van der Waals surface area contributed by atoms with Gasteiger partial charge < -0.3 is 14.4 Å². The first-order valence-electron chi connectivity index (χ1n) is 20.5. The lowest BCUT2D eigenvalue weighted by molar-refractivity contribution is 1.18. The molecular weight excluding hydrogens is 667 g/mol. The maximum Gasteiger partial charge on any atom is 0.0645 e. The van der Waals surface area contributed by atoms with Crippen LogP contribution in [0.2, 0.25) is 0 Å². The molecule has 0 aliphatic heterocycles. The first-order valence-corrected chi connectivity index (χ1v) is 18.5. The summed E-state index contributed by atoms with van der Waals surface area (Å²) in [4.78, 5) is 4.06. The van der Waals surface area contributed by atoms with E-state index in [4.69, 9.17) is 0 Å². The largest absolute Gasteiger partial charge is 0.310 e. The van der Waals surface area contributed by atoms with E-state index in [1.54, 1.807) is 0 Å². The van der Waals surface area contributed by atoms with Gasteiger partial charge in [0.2, 0.25) is 0 Å². The van der Waals surface area contributed by atoms with E-state index in [2.05, 4.69) is 82.3 Å². The summed E-state index contributed by atoms with van der Waals surface area (Å²) in [6, 6.07) is 66.3. The van der Waals surface area contributed by atoms with Gasteiger partial charge in [-0.25, -0.2) is 0 Å². The predicted molar refractivity (Wildman–Crippen MR) is 233 cm³/mol. The van der Waals surface area contributed by atoms with Gasteiger partial charge in [-0.1, -0.05) is 139 Å². The van der Waals surface area contributed by atoms with Crippen LogP contribution in [0.1, 0.15) is 5.48 Å². The summed E-state index contributed by atoms with van der Waals surface area (Å²) in [5, 5.41) is 3.94. The molecular formula is C52H37N3. The van der Waals surface area contributed by atoms with Crippen LogP contribution >= 0.6 is 0 Å². The molecule has 3 heteroatoms. The van der Waals surface area contributed by atoms with Crippen molar-refractivity contribution in [3.05, 3.63) is 224 Å². The molecule has 0 aliphatic carbocycles. The molecule has 0 N–H and O–H groups in total. The lowest BCUT2D eigenvalue weighted by Gasteiger charge is -2.27. The van der Waals surface area contributed by atoms with Gasteiger partial charge in [0, 0.05) is 50.3 Å². The van der Waals surface area contributed by atoms with Gasteiger partial charge in [-0.15, -0.1) is 0 Å². The van der Waals surface area contributed by atoms with Crippen molar-refractivity contribution < 1.29 is 5.48 Å². The van der Waals surface area contributed by atoms with Crippen LogP contribution in [0.3, 0.4) is 0 Å². The van der Waals surface area contributed by atoms with Gasteiger partial charge in [-0.3, -0.25) is 0 Å². The smallest absolute Gasteiger partial charge is 0.0645 e. The van der Waals surface area contributed by atoms with E-state index in [1.807, 2.05) is 132 Å². The highest BCUT2D eigenvalue weighted by atomic mass is 15.1. The van der Waals surface area contributed by atoms with E-state index in [0.717, 1.165) is 61.0 Å². The molecule has 9 aromatic carbocycles. The monoisotopic (exact) mass is 707 g/mol. The molecule has 55 heavy (non-hydrogen) atoms. The molecule has 1 heterocycles. The Morgan fingerprint density at radius 1 is 0.345 bits per heavy atom. The second kappa shape index (κ2) is 13.9. The predicted octanol–water partition coefficient (Wildman–Crippen LogP) is 14.5. The topological polar surface area (TPSA) is 11.4 Å². The van der Waals surface area contributed by atoms with Crippen molar-refractivity contribution >= 4 is 66.7 Å². The summed E-state index contributed by atoms with van der Waals surface area (Å²) in [5.41, 5.74) is 8.48. The van der Waals surface area contributed by atoms with E-state index < -0.39 is 0 Å². The summed E-state index contributed by atoms with van der Waals surface area (Å²) >= 11 is 0. The van der Waals surface area contributed by atoms with E-state index >= 15 is 0 Å². The molecule has 0 bridgehead atoms. The molecule has 0 spiro atoms. The van der Waals surface area contributed by atoms with Crippen LogP contribution in [0, 0.1) is 0 Å². The number of hydrogen-bond acceptors (Lipinski definition) is 2. The number of para-hydroxylation sites is 5. The van der Waals surface area contributed by atoms with Crippen molar-refractivity contribution in [2.45, 2.75) is 0 Å². The zero-order valence-corrected chi connectivity index (χ0v) is 29.9. The standard InChI is InChI=1S/C52H37N3/c1-5-17-39(18-6-1)53(44-35-36-49-48-25-13-14-29-51(48)55(52(49)37-44)42-23-11-4-12-24-42)43-33-31-38(32-34-43)45-26-15-28-47-46(45)27-16-30-50(47)54(40-19-7-2-8-20-40)41-21-9-3-10-22-41/h1-37H/i31D,32D,33D,34D. The lowest BCUT2D eigenvalue weighted by Crippen LogP contribution is -2.10. The summed E-state index contributed by atoms with van der Waals surface area (Å²) in [7, 11) is 0. The van der Waals surface area contributed by atoms with Crippen molar-refractivity contribution in [2.75, 3.05) is 9.80 Å². The quantitative estimate of drug-likeness (QED) is 0.156. The fourth-order valence-corrected chi connectivity index (χ4v) is 7.78. The highest BCUT2D eigenvalue weighted by Crippen LogP contribution is 2.43. The maximum absolute atomic E-state index is 9.68. The minimum absolute atomic E-state index is 0.109. The minimum Gasteiger partial charge on any atom is -0.310 e. The molecule has 0 unspecified atom stereocenters. The van der Waals surface area contributed by atoms with Gasteiger partial charge in [0.05, 0.1) is 22.2 Å². The fourth-order valence-electron chi connectivity index (χ4n) is 7.78. The van der Waals surface area contributed by atoms with Gasteiger partial charge in [0.15, 0.2) is 0 Å². The van der Waals surface area contributed by atoms with Gasteiger partial charge in [0.1, 0.15) is 0 Å². The summed E-state index contributed by atoms with van der Waals surface area (Å²) in [6.07, 6.45) is 0. The van der Waals surface area contributed by atoms with Crippen molar-refractivity contribution in [2.24, 2.45) is 0 Å². The van der Waals surface area contributed by atoms with Crippen LogP contribution < -0.4 is 9.80 Å². The van der Waals surface area contributed by atoms with Crippen LogP contribution in [0.25, 0.3) is 49.4 Å². The Kier molecular flexibility index (Phi) is 7.12. The summed E-state index contributed by atoms with van der Waals surface area (Å²) < 4.78 is 40.9. The zero-order valence-electron chi connectivity index (χ0n) is 33.9. The number of aromatic nitrogens is 1. The molecule has 10 aromatic rings. The molecule has 260 valence electrons. The normalized spacial score (nSPS) is 12.3. The number of nitrogens with zero attached hydrogens (tertiary/aromatic N) is 3. The first-order chi connectivity index (χ1) is 29.0. The first kappa shape index (κ1) is 28.2. The van der Waals surface area contributed by atoms with Crippen LogP contribution in [-0.4, -0.2) is 4.57 Å². The molecule has 0 aliphatic rings. The molecule has 3 nitrogen and oxygen atoms in total. The average molecular weight is 708 g/mol. The SMILES string of the molecule is [2H]c1c([2H])c(N(c2ccccc2)c2ccc3c4ccccc4n(-c4ccccc4)c3c2)c([2H])c([2H])c1-c1cccc2c(N(c3ccccc3)c3ccccc3)cccc12. The van der Waals surface area contributed by atoms with Crippen LogP contribution in [0.4, 0.5) is 34.1 Å². The molecule has 0 amide bonds. The Balaban J connectivity index is 1.17. The third-order valence-electron chi connectivity index (χ3n) is 10.2. The van der Waals surface area contributed by atoms with Gasteiger partial charge in [-0.05, 0) is 101 Å². The second-order valence-electron chi connectivity index (χ2n) is 13.5. The molecule has 0 fully saturated rings. The number of fused-ring (bicyclic) bond motifs is 4. The van der Waals surface area contributed by atoms with Gasteiger partial charge >= 0.3 is 0 Å². The number of benzene rings is 9. The Morgan fingerprint density at radius 2 is 0.873 bits per heavy atom. The Bertz CT molecular complexity index is 3080. The van der Waals surface area contributed by atoms with E-state index in [-0.39, 0.29) is 35.4 Å². The van der Waals surface area contributed by atoms with Crippen LogP contribution in [0.15, 0.2) is 224 Å². The molecule has 0 radical (unpaired) electrons. The zero-order chi connectivity index (χ0) is 40.0. The van der Waals surface area contributed by atoms with Crippen molar-refractivity contribution in [3.63, 3.8) is 0 Å².